The van der Waals surface area contributed by atoms with E-state index in [9.17, 15) is 14.4 Å². The first-order chi connectivity index (χ1) is 11.4. The van der Waals surface area contributed by atoms with Gasteiger partial charge in [-0.1, -0.05) is 29.3 Å². The Hall–Kier alpha value is -1.89. The number of benzene rings is 1. The molecular formula is C17H23BrN2O4. The molecule has 1 aromatic rings. The molecule has 0 unspecified atom stereocenters. The number of nitrogens with one attached hydrogen (secondary N) is 2. The van der Waals surface area contributed by atoms with Crippen molar-refractivity contribution < 1.29 is 19.1 Å². The Labute approximate surface area is 150 Å². The third-order valence-electron chi connectivity index (χ3n) is 3.21. The van der Waals surface area contributed by atoms with Crippen LogP contribution in [0.15, 0.2) is 28.7 Å². The number of amides is 2. The van der Waals surface area contributed by atoms with E-state index in [0.29, 0.717) is 5.56 Å². The van der Waals surface area contributed by atoms with Crippen LogP contribution < -0.4 is 10.6 Å². The van der Waals surface area contributed by atoms with Crippen molar-refractivity contribution in [2.45, 2.75) is 39.2 Å². The van der Waals surface area contributed by atoms with Gasteiger partial charge >= 0.3 is 5.97 Å². The van der Waals surface area contributed by atoms with Gasteiger partial charge in [-0.2, -0.15) is 0 Å². The molecule has 2 N–H and O–H groups in total. The molecule has 0 saturated heterocycles. The number of ether oxygens (including phenoxy) is 1. The average Bonchev–Trinajstić information content (AvgIpc) is 2.53. The zero-order chi connectivity index (χ0) is 17.9. The molecule has 0 aliphatic rings. The predicted molar refractivity (Wildman–Crippen MR) is 94.6 cm³/mol. The topological polar surface area (TPSA) is 84.5 Å². The summed E-state index contributed by atoms with van der Waals surface area (Å²) in [5.41, 5.74) is 0.510. The lowest BCUT2D eigenvalue weighted by molar-refractivity contribution is -0.148. The van der Waals surface area contributed by atoms with Gasteiger partial charge in [-0.25, -0.2) is 0 Å². The molecule has 1 aromatic carbocycles. The van der Waals surface area contributed by atoms with Crippen LogP contribution in [-0.4, -0.2) is 37.0 Å². The normalized spacial score (nSPS) is 11.5. The summed E-state index contributed by atoms with van der Waals surface area (Å²) in [6.45, 7) is 3.79. The second-order valence-electron chi connectivity index (χ2n) is 5.43. The van der Waals surface area contributed by atoms with Crippen molar-refractivity contribution in [3.8, 4) is 0 Å². The van der Waals surface area contributed by atoms with Crippen molar-refractivity contribution in [1.29, 1.82) is 0 Å². The molecule has 0 fully saturated rings. The molecule has 0 bridgehead atoms. The molecule has 1 atom stereocenters. The Balaban J connectivity index is 2.20. The molecule has 6 nitrogen and oxygen atoms in total. The van der Waals surface area contributed by atoms with Crippen LogP contribution in [0.3, 0.4) is 0 Å². The first-order valence-corrected chi connectivity index (χ1v) is 8.70. The lowest BCUT2D eigenvalue weighted by Gasteiger charge is -2.12. The molecule has 0 saturated carbocycles. The lowest BCUT2D eigenvalue weighted by atomic mass is 10.2. The number of carbonyl (C=O) groups excluding carboxylic acids is 3. The van der Waals surface area contributed by atoms with Gasteiger partial charge in [-0.3, -0.25) is 14.4 Å². The van der Waals surface area contributed by atoms with Crippen molar-refractivity contribution in [2.75, 3.05) is 13.2 Å². The summed E-state index contributed by atoms with van der Waals surface area (Å²) in [6.07, 6.45) is 1.86. The summed E-state index contributed by atoms with van der Waals surface area (Å²) in [4.78, 5) is 35.0. The third kappa shape index (κ3) is 8.10. The van der Waals surface area contributed by atoms with Crippen molar-refractivity contribution in [3.05, 3.63) is 34.3 Å². The van der Waals surface area contributed by atoms with E-state index in [-0.39, 0.29) is 37.4 Å². The minimum atomic E-state index is -0.524. The van der Waals surface area contributed by atoms with Crippen LogP contribution in [0.5, 0.6) is 0 Å². The summed E-state index contributed by atoms with van der Waals surface area (Å²) >= 11 is 3.29. The van der Waals surface area contributed by atoms with Crippen LogP contribution in [0.1, 0.15) is 43.5 Å². The minimum absolute atomic E-state index is 0.0139. The number of esters is 1. The highest BCUT2D eigenvalue weighted by Crippen LogP contribution is 2.10. The summed E-state index contributed by atoms with van der Waals surface area (Å²) in [5, 5.41) is 5.38. The van der Waals surface area contributed by atoms with E-state index < -0.39 is 5.97 Å². The second-order valence-corrected chi connectivity index (χ2v) is 6.35. The van der Waals surface area contributed by atoms with E-state index in [4.69, 9.17) is 4.74 Å². The molecule has 0 radical (unpaired) electrons. The molecule has 0 aliphatic carbocycles. The number of hydrogen-bond donors (Lipinski definition) is 2. The van der Waals surface area contributed by atoms with E-state index >= 15 is 0 Å². The average molecular weight is 399 g/mol. The van der Waals surface area contributed by atoms with E-state index in [0.717, 1.165) is 17.3 Å². The highest BCUT2D eigenvalue weighted by Gasteiger charge is 2.11. The molecule has 0 aliphatic heterocycles. The molecule has 24 heavy (non-hydrogen) atoms. The van der Waals surface area contributed by atoms with Crippen molar-refractivity contribution >= 4 is 33.7 Å². The standard InChI is InChI=1S/C17H23BrN2O4/c1-3-4-12(2)20-15(21)11-24-16(22)9-10-19-17(23)13-5-7-14(18)8-6-13/h5-8,12H,3-4,9-11H2,1-2H3,(H,19,23)(H,20,21)/t12-/m1/s1. The molecular weight excluding hydrogens is 376 g/mol. The summed E-state index contributed by atoms with van der Waals surface area (Å²) in [7, 11) is 0. The fourth-order valence-electron chi connectivity index (χ4n) is 2.02. The van der Waals surface area contributed by atoms with Crippen molar-refractivity contribution in [1.82, 2.24) is 10.6 Å². The highest BCUT2D eigenvalue weighted by molar-refractivity contribution is 9.10. The van der Waals surface area contributed by atoms with Gasteiger partial charge in [0.05, 0.1) is 6.42 Å². The Bertz CT molecular complexity index is 560. The largest absolute Gasteiger partial charge is 0.456 e. The summed E-state index contributed by atoms with van der Waals surface area (Å²) in [6, 6.07) is 6.95. The van der Waals surface area contributed by atoms with Crippen molar-refractivity contribution in [2.24, 2.45) is 0 Å². The van der Waals surface area contributed by atoms with Gasteiger partial charge in [0.25, 0.3) is 11.8 Å². The molecule has 0 spiro atoms. The Morgan fingerprint density at radius 3 is 2.50 bits per heavy atom. The maximum Gasteiger partial charge on any atom is 0.308 e. The number of hydrogen-bond acceptors (Lipinski definition) is 4. The van der Waals surface area contributed by atoms with Crippen LogP contribution in [0.25, 0.3) is 0 Å². The van der Waals surface area contributed by atoms with Gasteiger partial charge in [0.1, 0.15) is 0 Å². The zero-order valence-corrected chi connectivity index (χ0v) is 15.5. The van der Waals surface area contributed by atoms with Gasteiger partial charge in [0.15, 0.2) is 6.61 Å². The van der Waals surface area contributed by atoms with Crippen LogP contribution in [0.2, 0.25) is 0 Å². The SMILES string of the molecule is CCC[C@@H](C)NC(=O)COC(=O)CCNC(=O)c1ccc(Br)cc1. The quantitative estimate of drug-likeness (QED) is 0.625. The monoisotopic (exact) mass is 398 g/mol. The fraction of sp³-hybridized carbons (Fsp3) is 0.471. The molecule has 1 rings (SSSR count). The summed E-state index contributed by atoms with van der Waals surface area (Å²) < 4.78 is 5.76. The Morgan fingerprint density at radius 2 is 1.88 bits per heavy atom. The Kier molecular flexibility index (Phi) is 9.07. The molecule has 7 heteroatoms. The smallest absolute Gasteiger partial charge is 0.308 e. The molecule has 2 amide bonds. The maximum atomic E-state index is 11.8. The summed E-state index contributed by atoms with van der Waals surface area (Å²) in [5.74, 6) is -1.10. The third-order valence-corrected chi connectivity index (χ3v) is 3.74. The van der Waals surface area contributed by atoms with E-state index in [2.05, 4.69) is 26.6 Å². The molecule has 132 valence electrons. The highest BCUT2D eigenvalue weighted by atomic mass is 79.9. The first-order valence-electron chi connectivity index (χ1n) is 7.91. The van der Waals surface area contributed by atoms with E-state index in [1.54, 1.807) is 24.3 Å². The predicted octanol–water partition coefficient (Wildman–Crippen LogP) is 2.42. The van der Waals surface area contributed by atoms with Crippen LogP contribution in [-0.2, 0) is 14.3 Å². The zero-order valence-electron chi connectivity index (χ0n) is 13.9. The van der Waals surface area contributed by atoms with Crippen LogP contribution in [0.4, 0.5) is 0 Å². The molecule has 0 heterocycles. The number of halogens is 1. The lowest BCUT2D eigenvalue weighted by Crippen LogP contribution is -2.36. The van der Waals surface area contributed by atoms with E-state index in [1.165, 1.54) is 0 Å². The van der Waals surface area contributed by atoms with Gasteiger partial charge in [-0.15, -0.1) is 0 Å². The van der Waals surface area contributed by atoms with Gasteiger partial charge in [-0.05, 0) is 37.6 Å². The van der Waals surface area contributed by atoms with Crippen molar-refractivity contribution in [3.63, 3.8) is 0 Å². The molecule has 0 aromatic heterocycles. The fourth-order valence-corrected chi connectivity index (χ4v) is 2.29. The van der Waals surface area contributed by atoms with Crippen LogP contribution >= 0.6 is 15.9 Å². The second kappa shape index (κ2) is 10.8. The van der Waals surface area contributed by atoms with E-state index in [1.807, 2.05) is 13.8 Å². The minimum Gasteiger partial charge on any atom is -0.456 e. The Morgan fingerprint density at radius 1 is 1.21 bits per heavy atom. The van der Waals surface area contributed by atoms with Crippen LogP contribution in [0, 0.1) is 0 Å². The number of rotatable bonds is 9. The maximum absolute atomic E-state index is 11.8. The van der Waals surface area contributed by atoms with Gasteiger partial charge in [0, 0.05) is 22.6 Å². The van der Waals surface area contributed by atoms with Gasteiger partial charge in [0.2, 0.25) is 0 Å². The van der Waals surface area contributed by atoms with Gasteiger partial charge < -0.3 is 15.4 Å². The number of carbonyl (C=O) groups is 3. The first kappa shape index (κ1) is 20.2.